The summed E-state index contributed by atoms with van der Waals surface area (Å²) in [4.78, 5) is 24.0. The second-order valence-electron chi connectivity index (χ2n) is 14.3. The zero-order valence-corrected chi connectivity index (χ0v) is 25.5. The minimum Gasteiger partial charge on any atom is -0.466 e. The van der Waals surface area contributed by atoms with Gasteiger partial charge in [0.1, 0.15) is 12.5 Å². The molecule has 0 aliphatic heterocycles. The van der Waals surface area contributed by atoms with Crippen molar-refractivity contribution in [3.05, 3.63) is 11.6 Å². The minimum absolute atomic E-state index is 0.101. The molecule has 4 rings (SSSR count). The van der Waals surface area contributed by atoms with Crippen molar-refractivity contribution >= 4 is 11.9 Å². The highest BCUT2D eigenvalue weighted by atomic mass is 16.6. The molecule has 9 atom stereocenters. The van der Waals surface area contributed by atoms with Crippen LogP contribution in [-0.4, -0.2) is 24.6 Å². The summed E-state index contributed by atoms with van der Waals surface area (Å²) in [5, 5.41) is 0. The smallest absolute Gasteiger partial charge is 0.317 e. The number of fused-ring (bicyclic) bond motifs is 5. The molecule has 4 nitrogen and oxygen atoms in total. The fourth-order valence-electron chi connectivity index (χ4n) is 9.95. The largest absolute Gasteiger partial charge is 0.466 e. The first-order valence-electron chi connectivity index (χ1n) is 16.1. The Morgan fingerprint density at radius 1 is 0.974 bits per heavy atom. The molecule has 0 bridgehead atoms. The molecule has 0 spiro atoms. The van der Waals surface area contributed by atoms with Crippen molar-refractivity contribution in [2.45, 2.75) is 132 Å². The first-order valence-corrected chi connectivity index (χ1v) is 16.1. The summed E-state index contributed by atoms with van der Waals surface area (Å²) >= 11 is 0. The Labute approximate surface area is 233 Å². The van der Waals surface area contributed by atoms with Crippen LogP contribution in [0.25, 0.3) is 0 Å². The summed E-state index contributed by atoms with van der Waals surface area (Å²) < 4.78 is 10.7. The highest BCUT2D eigenvalue weighted by Gasteiger charge is 2.59. The van der Waals surface area contributed by atoms with E-state index in [4.69, 9.17) is 9.47 Å². The standard InChI is InChI=1S/C34H56O4/c1-8-24(22(3)4)11-10-23(5)28-14-15-29-27-13-12-25-20-26(38-32(36)21-31(35)37-9-2)16-18-33(25,6)30(27)17-19-34(28,29)7/h12,22-24,26-30H,8-11,13-21H2,1-7H3/t23-,24-,26+,27+,28-,29+,30+,33+,34-/m1/s1. The first kappa shape index (κ1) is 29.7. The average molecular weight is 529 g/mol. The number of carbonyl (C=O) groups is 2. The molecule has 4 aliphatic carbocycles. The van der Waals surface area contributed by atoms with E-state index < -0.39 is 11.9 Å². The molecule has 4 heteroatoms. The van der Waals surface area contributed by atoms with E-state index in [1.54, 1.807) is 6.92 Å². The van der Waals surface area contributed by atoms with Crippen LogP contribution in [0.5, 0.6) is 0 Å². The van der Waals surface area contributed by atoms with Gasteiger partial charge in [0.15, 0.2) is 0 Å². The second kappa shape index (κ2) is 12.0. The number of ether oxygens (including phenoxy) is 2. The molecule has 0 aromatic carbocycles. The third-order valence-corrected chi connectivity index (χ3v) is 12.2. The van der Waals surface area contributed by atoms with Gasteiger partial charge in [-0.2, -0.15) is 0 Å². The van der Waals surface area contributed by atoms with Crippen LogP contribution in [0.3, 0.4) is 0 Å². The average Bonchev–Trinajstić information content (AvgIpc) is 3.21. The molecule has 0 saturated heterocycles. The van der Waals surface area contributed by atoms with E-state index in [1.165, 1.54) is 56.9 Å². The van der Waals surface area contributed by atoms with Crippen LogP contribution >= 0.6 is 0 Å². The maximum Gasteiger partial charge on any atom is 0.317 e. The third kappa shape index (κ3) is 5.75. The molecule has 3 saturated carbocycles. The molecular weight excluding hydrogens is 472 g/mol. The molecule has 0 heterocycles. The van der Waals surface area contributed by atoms with E-state index in [2.05, 4.69) is 47.6 Å². The van der Waals surface area contributed by atoms with Crippen LogP contribution in [0.2, 0.25) is 0 Å². The van der Waals surface area contributed by atoms with Crippen molar-refractivity contribution in [2.75, 3.05) is 6.61 Å². The summed E-state index contributed by atoms with van der Waals surface area (Å²) in [6.45, 7) is 17.0. The Balaban J connectivity index is 1.39. The fraction of sp³-hybridized carbons (Fsp3) is 0.882. The molecule has 0 N–H and O–H groups in total. The molecule has 0 amide bonds. The normalized spacial score (nSPS) is 37.9. The van der Waals surface area contributed by atoms with Crippen LogP contribution in [-0.2, 0) is 19.1 Å². The number of hydrogen-bond acceptors (Lipinski definition) is 4. The monoisotopic (exact) mass is 528 g/mol. The van der Waals surface area contributed by atoms with Gasteiger partial charge >= 0.3 is 11.9 Å². The van der Waals surface area contributed by atoms with Crippen LogP contribution in [0.1, 0.15) is 126 Å². The van der Waals surface area contributed by atoms with Gasteiger partial charge in [-0.1, -0.05) is 66.0 Å². The maximum atomic E-state index is 12.3. The van der Waals surface area contributed by atoms with Gasteiger partial charge in [0.25, 0.3) is 0 Å². The number of allylic oxidation sites excluding steroid dienone is 1. The van der Waals surface area contributed by atoms with E-state index in [9.17, 15) is 9.59 Å². The zero-order chi connectivity index (χ0) is 27.7. The Morgan fingerprint density at radius 2 is 1.74 bits per heavy atom. The number of hydrogen-bond donors (Lipinski definition) is 0. The van der Waals surface area contributed by atoms with Gasteiger partial charge in [-0.3, -0.25) is 9.59 Å². The van der Waals surface area contributed by atoms with E-state index >= 15 is 0 Å². The first-order chi connectivity index (χ1) is 18.0. The molecule has 3 fully saturated rings. The van der Waals surface area contributed by atoms with Gasteiger partial charge in [-0.15, -0.1) is 0 Å². The summed E-state index contributed by atoms with van der Waals surface area (Å²) in [5.74, 6) is 4.88. The van der Waals surface area contributed by atoms with Crippen molar-refractivity contribution in [3.63, 3.8) is 0 Å². The zero-order valence-electron chi connectivity index (χ0n) is 25.5. The van der Waals surface area contributed by atoms with Gasteiger partial charge in [0.2, 0.25) is 0 Å². The topological polar surface area (TPSA) is 52.6 Å². The Morgan fingerprint density at radius 3 is 2.42 bits per heavy atom. The summed E-state index contributed by atoms with van der Waals surface area (Å²) in [6.07, 6.45) is 15.9. The number of carbonyl (C=O) groups excluding carboxylic acids is 2. The predicted octanol–water partition coefficient (Wildman–Crippen LogP) is 8.53. The lowest BCUT2D eigenvalue weighted by atomic mass is 9.47. The lowest BCUT2D eigenvalue weighted by Crippen LogP contribution is -2.51. The van der Waals surface area contributed by atoms with Crippen molar-refractivity contribution in [3.8, 4) is 0 Å². The van der Waals surface area contributed by atoms with Crippen molar-refractivity contribution in [1.82, 2.24) is 0 Å². The maximum absolute atomic E-state index is 12.3. The van der Waals surface area contributed by atoms with Crippen molar-refractivity contribution in [1.29, 1.82) is 0 Å². The highest BCUT2D eigenvalue weighted by molar-refractivity contribution is 5.91. The van der Waals surface area contributed by atoms with Crippen LogP contribution in [0.15, 0.2) is 11.6 Å². The predicted molar refractivity (Wildman–Crippen MR) is 153 cm³/mol. The van der Waals surface area contributed by atoms with E-state index in [1.807, 2.05) is 0 Å². The van der Waals surface area contributed by atoms with Gasteiger partial charge in [0, 0.05) is 6.42 Å². The summed E-state index contributed by atoms with van der Waals surface area (Å²) in [6, 6.07) is 0. The highest BCUT2D eigenvalue weighted by Crippen LogP contribution is 2.67. The fourth-order valence-corrected chi connectivity index (χ4v) is 9.95. The van der Waals surface area contributed by atoms with Crippen LogP contribution in [0, 0.1) is 52.3 Å². The number of esters is 2. The molecule has 0 aromatic heterocycles. The number of rotatable bonds is 10. The van der Waals surface area contributed by atoms with Gasteiger partial charge in [-0.25, -0.2) is 0 Å². The van der Waals surface area contributed by atoms with Gasteiger partial charge < -0.3 is 9.47 Å². The van der Waals surface area contributed by atoms with Gasteiger partial charge in [-0.05, 0) is 111 Å². The SMILES string of the molecule is CCOC(=O)CC(=O)O[C@H]1CC[C@@]2(C)C(=CC[C@H]3[C@@H]4CC[C@H]([C@H](C)CC[C@@H](CC)C(C)C)[C@@]4(C)CC[C@@H]32)C1. The lowest BCUT2D eigenvalue weighted by Gasteiger charge is -2.58. The van der Waals surface area contributed by atoms with Crippen molar-refractivity contribution in [2.24, 2.45) is 52.3 Å². The van der Waals surface area contributed by atoms with E-state index in [0.29, 0.717) is 12.0 Å². The quantitative estimate of drug-likeness (QED) is 0.162. The lowest BCUT2D eigenvalue weighted by molar-refractivity contribution is -0.159. The molecule has 216 valence electrons. The molecular formula is C34H56O4. The van der Waals surface area contributed by atoms with Crippen LogP contribution < -0.4 is 0 Å². The van der Waals surface area contributed by atoms with Crippen LogP contribution in [0.4, 0.5) is 0 Å². The van der Waals surface area contributed by atoms with E-state index in [-0.39, 0.29) is 17.9 Å². The minimum atomic E-state index is -0.489. The molecule has 0 unspecified atom stereocenters. The third-order valence-electron chi connectivity index (χ3n) is 12.2. The Hall–Kier alpha value is -1.32. The molecule has 4 aliphatic rings. The van der Waals surface area contributed by atoms with E-state index in [0.717, 1.165) is 60.7 Å². The molecule has 0 aromatic rings. The summed E-state index contributed by atoms with van der Waals surface area (Å²) in [7, 11) is 0. The Kier molecular flexibility index (Phi) is 9.40. The Bertz CT molecular complexity index is 876. The molecule has 38 heavy (non-hydrogen) atoms. The molecule has 0 radical (unpaired) electrons. The summed E-state index contributed by atoms with van der Waals surface area (Å²) in [5.41, 5.74) is 2.26. The second-order valence-corrected chi connectivity index (χ2v) is 14.3. The van der Waals surface area contributed by atoms with Gasteiger partial charge in [0.05, 0.1) is 6.61 Å². The van der Waals surface area contributed by atoms with Crippen molar-refractivity contribution < 1.29 is 19.1 Å².